The van der Waals surface area contributed by atoms with E-state index in [1.807, 2.05) is 12.1 Å². The van der Waals surface area contributed by atoms with Crippen LogP contribution in [0.2, 0.25) is 0 Å². The van der Waals surface area contributed by atoms with E-state index in [1.165, 1.54) is 34.4 Å². The quantitative estimate of drug-likeness (QED) is 0.341. The highest BCUT2D eigenvalue weighted by molar-refractivity contribution is 7.14. The van der Waals surface area contributed by atoms with Gasteiger partial charge in [-0.2, -0.15) is 0 Å². The molecule has 0 bridgehead atoms. The molecule has 0 unspecified atom stereocenters. The highest BCUT2D eigenvalue weighted by atomic mass is 32.1. The lowest BCUT2D eigenvalue weighted by molar-refractivity contribution is -0.384. The second-order valence-corrected chi connectivity index (χ2v) is 5.73. The van der Waals surface area contributed by atoms with Gasteiger partial charge in [0.1, 0.15) is 0 Å². The third-order valence-corrected chi connectivity index (χ3v) is 4.09. The van der Waals surface area contributed by atoms with E-state index in [0.717, 1.165) is 23.3 Å². The van der Waals surface area contributed by atoms with E-state index in [1.54, 1.807) is 18.2 Å². The van der Waals surface area contributed by atoms with Crippen molar-refractivity contribution in [3.63, 3.8) is 0 Å². The van der Waals surface area contributed by atoms with Crippen LogP contribution in [0.15, 0.2) is 42.5 Å². The zero-order chi connectivity index (χ0) is 15.2. The highest BCUT2D eigenvalue weighted by Gasteiger charge is 2.06. The first-order valence-corrected chi connectivity index (χ1v) is 7.47. The Morgan fingerprint density at radius 3 is 2.57 bits per heavy atom. The topological polar surface area (TPSA) is 60.2 Å². The smallest absolute Gasteiger partial charge is 0.269 e. The van der Waals surface area contributed by atoms with Crippen LogP contribution in [0.3, 0.4) is 0 Å². The number of hydrogen-bond donors (Lipinski definition) is 0. The van der Waals surface area contributed by atoms with Crippen LogP contribution >= 0.6 is 11.3 Å². The maximum atomic E-state index is 12.0. The maximum Gasteiger partial charge on any atom is 0.269 e. The lowest BCUT2D eigenvalue weighted by Crippen LogP contribution is -1.89. The Balaban J connectivity index is 2.05. The molecule has 0 radical (unpaired) electrons. The molecule has 1 heterocycles. The number of ketones is 1. The van der Waals surface area contributed by atoms with Crippen LogP contribution in [0.5, 0.6) is 0 Å². The van der Waals surface area contributed by atoms with Gasteiger partial charge in [-0.15, -0.1) is 11.3 Å². The third kappa shape index (κ3) is 4.10. The van der Waals surface area contributed by atoms with Crippen molar-refractivity contribution in [3.05, 3.63) is 67.9 Å². The molecule has 0 N–H and O–H groups in total. The molecular formula is C16H15NO3S. The number of hydrogen-bond acceptors (Lipinski definition) is 4. The van der Waals surface area contributed by atoms with E-state index in [4.69, 9.17) is 0 Å². The number of non-ortho nitro benzene ring substituents is 1. The van der Waals surface area contributed by atoms with Gasteiger partial charge in [0, 0.05) is 17.0 Å². The Labute approximate surface area is 126 Å². The minimum absolute atomic E-state index is 0.0410. The lowest BCUT2D eigenvalue weighted by atomic mass is 10.1. The minimum atomic E-state index is -0.445. The number of carbonyl (C=O) groups is 1. The number of allylic oxidation sites excluding steroid dienone is 1. The van der Waals surface area contributed by atoms with Crippen molar-refractivity contribution in [1.29, 1.82) is 0 Å². The molecule has 0 atom stereocenters. The molecule has 0 aliphatic heterocycles. The first-order valence-electron chi connectivity index (χ1n) is 6.65. The van der Waals surface area contributed by atoms with Crippen LogP contribution in [0, 0.1) is 10.1 Å². The van der Waals surface area contributed by atoms with Crippen LogP contribution in [-0.2, 0) is 6.42 Å². The molecule has 1 aromatic heterocycles. The fraction of sp³-hybridized carbons (Fsp3) is 0.188. The average molecular weight is 301 g/mol. The lowest BCUT2D eigenvalue weighted by Gasteiger charge is -1.94. The van der Waals surface area contributed by atoms with E-state index >= 15 is 0 Å². The van der Waals surface area contributed by atoms with Gasteiger partial charge in [0.2, 0.25) is 0 Å². The van der Waals surface area contributed by atoms with Crippen molar-refractivity contribution >= 4 is 28.9 Å². The largest absolute Gasteiger partial charge is 0.288 e. The summed E-state index contributed by atoms with van der Waals surface area (Å²) in [4.78, 5) is 24.1. The van der Waals surface area contributed by atoms with Gasteiger partial charge in [0.25, 0.3) is 5.69 Å². The van der Waals surface area contributed by atoms with E-state index in [2.05, 4.69) is 6.92 Å². The standard InChI is InChI=1S/C16H15NO3S/c1-2-3-14-9-11-16(21-14)15(18)10-6-12-4-7-13(8-5-12)17(19)20/h4-11H,2-3H2,1H3/b10-6+. The second kappa shape index (κ2) is 6.95. The number of thiophene rings is 1. The number of nitro groups is 1. The van der Waals surface area contributed by atoms with Gasteiger partial charge in [0.15, 0.2) is 5.78 Å². The first kappa shape index (κ1) is 15.1. The Morgan fingerprint density at radius 2 is 1.95 bits per heavy atom. The van der Waals surface area contributed by atoms with Crippen molar-refractivity contribution in [1.82, 2.24) is 0 Å². The van der Waals surface area contributed by atoms with Gasteiger partial charge in [-0.3, -0.25) is 14.9 Å². The summed E-state index contributed by atoms with van der Waals surface area (Å²) in [5.74, 6) is -0.0410. The predicted molar refractivity (Wildman–Crippen MR) is 84.8 cm³/mol. The Morgan fingerprint density at radius 1 is 1.24 bits per heavy atom. The third-order valence-electron chi connectivity index (χ3n) is 2.93. The number of nitrogens with zero attached hydrogens (tertiary/aromatic N) is 1. The van der Waals surface area contributed by atoms with Gasteiger partial charge in [0.05, 0.1) is 9.80 Å². The van der Waals surface area contributed by atoms with E-state index in [0.29, 0.717) is 0 Å². The maximum absolute atomic E-state index is 12.0. The van der Waals surface area contributed by atoms with Crippen molar-refractivity contribution < 1.29 is 9.72 Å². The van der Waals surface area contributed by atoms with E-state index in [-0.39, 0.29) is 11.5 Å². The van der Waals surface area contributed by atoms with Crippen molar-refractivity contribution in [2.24, 2.45) is 0 Å². The van der Waals surface area contributed by atoms with Crippen molar-refractivity contribution in [3.8, 4) is 0 Å². The molecule has 0 amide bonds. The number of nitro benzene ring substituents is 1. The van der Waals surface area contributed by atoms with Gasteiger partial charge < -0.3 is 0 Å². The number of carbonyl (C=O) groups excluding carboxylic acids is 1. The summed E-state index contributed by atoms with van der Waals surface area (Å²) in [7, 11) is 0. The van der Waals surface area contributed by atoms with Gasteiger partial charge in [-0.05, 0) is 42.3 Å². The predicted octanol–water partition coefficient (Wildman–Crippen LogP) is 4.50. The fourth-order valence-corrected chi connectivity index (χ4v) is 2.88. The zero-order valence-electron chi connectivity index (χ0n) is 11.6. The SMILES string of the molecule is CCCc1ccc(C(=O)/C=C/c2ccc([N+](=O)[O-])cc2)s1. The van der Waals surface area contributed by atoms with Gasteiger partial charge >= 0.3 is 0 Å². The van der Waals surface area contributed by atoms with Crippen LogP contribution in [0.4, 0.5) is 5.69 Å². The average Bonchev–Trinajstić information content (AvgIpc) is 2.94. The van der Waals surface area contributed by atoms with Crippen LogP contribution in [0.25, 0.3) is 6.08 Å². The number of benzene rings is 1. The van der Waals surface area contributed by atoms with Crippen LogP contribution in [0.1, 0.15) is 33.5 Å². The summed E-state index contributed by atoms with van der Waals surface area (Å²) in [6.07, 6.45) is 5.23. The molecule has 108 valence electrons. The van der Waals surface area contributed by atoms with Crippen molar-refractivity contribution in [2.45, 2.75) is 19.8 Å². The minimum Gasteiger partial charge on any atom is -0.288 e. The molecule has 0 aliphatic rings. The van der Waals surface area contributed by atoms with E-state index < -0.39 is 4.92 Å². The molecule has 21 heavy (non-hydrogen) atoms. The summed E-state index contributed by atoms with van der Waals surface area (Å²) < 4.78 is 0. The van der Waals surface area contributed by atoms with Gasteiger partial charge in [-0.1, -0.05) is 19.4 Å². The molecule has 0 aliphatic carbocycles. The molecule has 2 aromatic rings. The van der Waals surface area contributed by atoms with Crippen LogP contribution < -0.4 is 0 Å². The normalized spacial score (nSPS) is 10.9. The first-order chi connectivity index (χ1) is 10.1. The zero-order valence-corrected chi connectivity index (χ0v) is 12.4. The summed E-state index contributed by atoms with van der Waals surface area (Å²) in [5.41, 5.74) is 0.806. The van der Waals surface area contributed by atoms with Crippen molar-refractivity contribution in [2.75, 3.05) is 0 Å². The number of aryl methyl sites for hydroxylation is 1. The monoisotopic (exact) mass is 301 g/mol. The molecule has 4 nitrogen and oxygen atoms in total. The molecule has 0 fully saturated rings. The molecule has 0 saturated heterocycles. The molecule has 1 aromatic carbocycles. The summed E-state index contributed by atoms with van der Waals surface area (Å²) >= 11 is 1.52. The molecular weight excluding hydrogens is 286 g/mol. The van der Waals surface area contributed by atoms with E-state index in [9.17, 15) is 14.9 Å². The Kier molecular flexibility index (Phi) is 5.00. The molecule has 0 spiro atoms. The number of rotatable bonds is 6. The fourth-order valence-electron chi connectivity index (χ4n) is 1.85. The molecule has 5 heteroatoms. The van der Waals surface area contributed by atoms with Crippen LogP contribution in [-0.4, -0.2) is 10.7 Å². The Bertz CT molecular complexity index is 671. The second-order valence-electron chi connectivity index (χ2n) is 4.56. The summed E-state index contributed by atoms with van der Waals surface area (Å²) in [6, 6.07) is 9.93. The van der Waals surface area contributed by atoms with Gasteiger partial charge in [-0.25, -0.2) is 0 Å². The highest BCUT2D eigenvalue weighted by Crippen LogP contribution is 2.19. The molecule has 2 rings (SSSR count). The molecule has 0 saturated carbocycles. The summed E-state index contributed by atoms with van der Waals surface area (Å²) in [5, 5.41) is 10.6. The Hall–Kier alpha value is -2.27. The summed E-state index contributed by atoms with van der Waals surface area (Å²) in [6.45, 7) is 2.11.